The standard InChI is InChI=1S/C19H25N3O4S/c1-26-17-6-2-16(3-7-17)14-21-12-11-19(23)22-13-10-15-4-8-18(9-5-15)27(20,24)25/h2-9,21H,10-14H2,1H3,(H,22,23)(H2,20,24,25). The average molecular weight is 391 g/mol. The first-order valence-electron chi connectivity index (χ1n) is 8.60. The van der Waals surface area contributed by atoms with Gasteiger partial charge in [-0.25, -0.2) is 13.6 Å². The van der Waals surface area contributed by atoms with Crippen LogP contribution in [0, 0.1) is 0 Å². The summed E-state index contributed by atoms with van der Waals surface area (Å²) in [6.07, 6.45) is 1.01. The van der Waals surface area contributed by atoms with E-state index in [1.807, 2.05) is 24.3 Å². The van der Waals surface area contributed by atoms with Crippen molar-refractivity contribution in [3.05, 3.63) is 59.7 Å². The number of benzene rings is 2. The van der Waals surface area contributed by atoms with Gasteiger partial charge in [-0.3, -0.25) is 4.79 Å². The van der Waals surface area contributed by atoms with Crippen LogP contribution in [0.3, 0.4) is 0 Å². The van der Waals surface area contributed by atoms with Crippen molar-refractivity contribution >= 4 is 15.9 Å². The van der Waals surface area contributed by atoms with Gasteiger partial charge < -0.3 is 15.4 Å². The Balaban J connectivity index is 1.61. The van der Waals surface area contributed by atoms with Gasteiger partial charge in [0.2, 0.25) is 15.9 Å². The maximum atomic E-state index is 11.9. The van der Waals surface area contributed by atoms with Gasteiger partial charge in [0, 0.05) is 26.1 Å². The molecule has 0 unspecified atom stereocenters. The second-order valence-corrected chi connectivity index (χ2v) is 7.63. The first-order valence-corrected chi connectivity index (χ1v) is 10.2. The van der Waals surface area contributed by atoms with Gasteiger partial charge in [-0.05, 0) is 41.8 Å². The molecule has 146 valence electrons. The largest absolute Gasteiger partial charge is 0.497 e. The summed E-state index contributed by atoms with van der Waals surface area (Å²) >= 11 is 0. The minimum atomic E-state index is -3.67. The molecule has 0 atom stereocenters. The number of ether oxygens (including phenoxy) is 1. The predicted octanol–water partition coefficient (Wildman–Crippen LogP) is 1.18. The lowest BCUT2D eigenvalue weighted by Gasteiger charge is -2.08. The molecular weight excluding hydrogens is 366 g/mol. The molecule has 2 rings (SSSR count). The number of nitrogens with one attached hydrogen (secondary N) is 2. The Morgan fingerprint density at radius 3 is 2.22 bits per heavy atom. The van der Waals surface area contributed by atoms with Gasteiger partial charge in [0.05, 0.1) is 12.0 Å². The molecule has 27 heavy (non-hydrogen) atoms. The molecule has 0 aromatic heterocycles. The molecule has 1 amide bonds. The fraction of sp³-hybridized carbons (Fsp3) is 0.316. The number of amides is 1. The van der Waals surface area contributed by atoms with E-state index in [4.69, 9.17) is 9.88 Å². The normalized spacial score (nSPS) is 11.2. The average Bonchev–Trinajstić information content (AvgIpc) is 2.65. The molecular formula is C19H25N3O4S. The van der Waals surface area contributed by atoms with E-state index in [0.717, 1.165) is 16.9 Å². The lowest BCUT2D eigenvalue weighted by Crippen LogP contribution is -2.29. The van der Waals surface area contributed by atoms with Crippen molar-refractivity contribution in [1.29, 1.82) is 0 Å². The molecule has 7 nitrogen and oxygen atoms in total. The zero-order valence-electron chi connectivity index (χ0n) is 15.3. The number of carbonyl (C=O) groups is 1. The van der Waals surface area contributed by atoms with Crippen molar-refractivity contribution in [3.8, 4) is 5.75 Å². The van der Waals surface area contributed by atoms with E-state index in [9.17, 15) is 13.2 Å². The van der Waals surface area contributed by atoms with Crippen LogP contribution in [0.1, 0.15) is 17.5 Å². The molecule has 0 saturated heterocycles. The molecule has 0 spiro atoms. The van der Waals surface area contributed by atoms with Crippen LogP contribution in [-0.2, 0) is 27.8 Å². The van der Waals surface area contributed by atoms with Crippen LogP contribution in [-0.4, -0.2) is 34.5 Å². The van der Waals surface area contributed by atoms with Crippen LogP contribution in [0.2, 0.25) is 0 Å². The number of carbonyl (C=O) groups excluding carboxylic acids is 1. The van der Waals surface area contributed by atoms with Crippen molar-refractivity contribution in [2.75, 3.05) is 20.2 Å². The van der Waals surface area contributed by atoms with Crippen LogP contribution in [0.4, 0.5) is 0 Å². The van der Waals surface area contributed by atoms with Gasteiger partial charge in [-0.15, -0.1) is 0 Å². The van der Waals surface area contributed by atoms with E-state index in [1.165, 1.54) is 12.1 Å². The summed E-state index contributed by atoms with van der Waals surface area (Å²) < 4.78 is 27.5. The topological polar surface area (TPSA) is 111 Å². The zero-order valence-corrected chi connectivity index (χ0v) is 16.1. The van der Waals surface area contributed by atoms with Crippen LogP contribution >= 0.6 is 0 Å². The first kappa shape index (κ1) is 20.9. The van der Waals surface area contributed by atoms with Gasteiger partial charge in [0.15, 0.2) is 0 Å². The Labute approximate surface area is 160 Å². The lowest BCUT2D eigenvalue weighted by molar-refractivity contribution is -0.120. The Hall–Kier alpha value is -2.42. The molecule has 2 aromatic rings. The Morgan fingerprint density at radius 1 is 1.00 bits per heavy atom. The number of sulfonamides is 1. The van der Waals surface area contributed by atoms with Crippen molar-refractivity contribution in [2.24, 2.45) is 5.14 Å². The number of hydrogen-bond donors (Lipinski definition) is 3. The molecule has 0 radical (unpaired) electrons. The third kappa shape index (κ3) is 7.38. The molecule has 2 aromatic carbocycles. The van der Waals surface area contributed by atoms with Gasteiger partial charge in [0.1, 0.15) is 5.75 Å². The summed E-state index contributed by atoms with van der Waals surface area (Å²) in [6.45, 7) is 1.76. The van der Waals surface area contributed by atoms with Gasteiger partial charge in [-0.2, -0.15) is 0 Å². The second-order valence-electron chi connectivity index (χ2n) is 6.06. The summed E-state index contributed by atoms with van der Waals surface area (Å²) in [5.41, 5.74) is 2.06. The first-order chi connectivity index (χ1) is 12.9. The van der Waals surface area contributed by atoms with E-state index in [2.05, 4.69) is 10.6 Å². The molecule has 0 aliphatic carbocycles. The maximum absolute atomic E-state index is 11.9. The molecule has 0 bridgehead atoms. The Morgan fingerprint density at radius 2 is 1.63 bits per heavy atom. The van der Waals surface area contributed by atoms with Crippen molar-refractivity contribution in [1.82, 2.24) is 10.6 Å². The second kappa shape index (κ2) is 10.1. The fourth-order valence-corrected chi connectivity index (χ4v) is 2.97. The van der Waals surface area contributed by atoms with E-state index in [0.29, 0.717) is 32.5 Å². The predicted molar refractivity (Wildman–Crippen MR) is 104 cm³/mol. The number of primary sulfonamides is 1. The van der Waals surface area contributed by atoms with Crippen molar-refractivity contribution in [3.63, 3.8) is 0 Å². The van der Waals surface area contributed by atoms with Crippen LogP contribution < -0.4 is 20.5 Å². The Kier molecular flexibility index (Phi) is 7.78. The SMILES string of the molecule is COc1ccc(CNCCC(=O)NCCc2ccc(S(N)(=O)=O)cc2)cc1. The summed E-state index contributed by atoms with van der Waals surface area (Å²) in [7, 11) is -2.04. The van der Waals surface area contributed by atoms with E-state index in [-0.39, 0.29) is 10.8 Å². The number of nitrogens with two attached hydrogens (primary N) is 1. The molecule has 0 heterocycles. The number of hydrogen-bond acceptors (Lipinski definition) is 5. The highest BCUT2D eigenvalue weighted by atomic mass is 32.2. The summed E-state index contributed by atoms with van der Waals surface area (Å²) in [5, 5.41) is 11.1. The summed E-state index contributed by atoms with van der Waals surface area (Å²) in [4.78, 5) is 11.9. The molecule has 8 heteroatoms. The summed E-state index contributed by atoms with van der Waals surface area (Å²) in [6, 6.07) is 14.1. The van der Waals surface area contributed by atoms with Gasteiger partial charge in [0.25, 0.3) is 0 Å². The van der Waals surface area contributed by atoms with Gasteiger partial charge >= 0.3 is 0 Å². The molecule has 0 aliphatic heterocycles. The quantitative estimate of drug-likeness (QED) is 0.527. The third-order valence-corrected chi connectivity index (χ3v) is 4.93. The molecule has 0 saturated carbocycles. The highest BCUT2D eigenvalue weighted by Gasteiger charge is 2.07. The Bertz CT molecular complexity index is 834. The molecule has 0 aliphatic rings. The maximum Gasteiger partial charge on any atom is 0.238 e. The monoisotopic (exact) mass is 391 g/mol. The lowest BCUT2D eigenvalue weighted by atomic mass is 10.1. The molecule has 4 N–H and O–H groups in total. The number of methoxy groups -OCH3 is 1. The van der Waals surface area contributed by atoms with Crippen LogP contribution in [0.5, 0.6) is 5.75 Å². The smallest absolute Gasteiger partial charge is 0.238 e. The zero-order chi connectivity index (χ0) is 19.7. The highest BCUT2D eigenvalue weighted by molar-refractivity contribution is 7.89. The summed E-state index contributed by atoms with van der Waals surface area (Å²) in [5.74, 6) is 0.788. The van der Waals surface area contributed by atoms with Crippen LogP contribution in [0.15, 0.2) is 53.4 Å². The van der Waals surface area contributed by atoms with Crippen LogP contribution in [0.25, 0.3) is 0 Å². The third-order valence-electron chi connectivity index (χ3n) is 4.00. The van der Waals surface area contributed by atoms with E-state index >= 15 is 0 Å². The van der Waals surface area contributed by atoms with E-state index in [1.54, 1.807) is 19.2 Å². The van der Waals surface area contributed by atoms with Crippen molar-refractivity contribution < 1.29 is 17.9 Å². The number of rotatable bonds is 10. The minimum Gasteiger partial charge on any atom is -0.497 e. The van der Waals surface area contributed by atoms with Crippen molar-refractivity contribution in [2.45, 2.75) is 24.3 Å². The highest BCUT2D eigenvalue weighted by Crippen LogP contribution is 2.11. The van der Waals surface area contributed by atoms with E-state index < -0.39 is 10.0 Å². The fourth-order valence-electron chi connectivity index (χ4n) is 2.46. The minimum absolute atomic E-state index is 0.0293. The molecule has 0 fully saturated rings. The van der Waals surface area contributed by atoms with Gasteiger partial charge in [-0.1, -0.05) is 24.3 Å².